The summed E-state index contributed by atoms with van der Waals surface area (Å²) in [7, 11) is 0. The lowest BCUT2D eigenvalue weighted by Gasteiger charge is -2.40. The molecule has 0 aliphatic carbocycles. The topological polar surface area (TPSA) is 175 Å². The van der Waals surface area contributed by atoms with Crippen LogP contribution in [-0.4, -0.2) is 89.2 Å². The highest BCUT2D eigenvalue weighted by molar-refractivity contribution is 5.74. The van der Waals surface area contributed by atoms with E-state index in [1.54, 1.807) is 0 Å². The van der Waals surface area contributed by atoms with E-state index in [1.807, 2.05) is 0 Å². The summed E-state index contributed by atoms with van der Waals surface area (Å²) >= 11 is 0. The molecule has 0 radical (unpaired) electrons. The number of aliphatic carboxylic acids is 1. The van der Waals surface area contributed by atoms with E-state index < -0.39 is 67.3 Å². The Hall–Kier alpha value is -3.32. The molecule has 0 amide bonds. The number of ether oxygens (including phenoxy) is 5. The van der Waals surface area contributed by atoms with Gasteiger partial charge in [-0.1, -0.05) is 204 Å². The number of allylic oxidation sites excluding steroid dienone is 8. The highest BCUT2D eigenvalue weighted by Gasteiger charge is 2.50. The molecule has 0 spiro atoms. The lowest BCUT2D eigenvalue weighted by atomic mass is 9.98. The molecule has 0 aromatic rings. The first kappa shape index (κ1) is 69.7. The maximum absolute atomic E-state index is 13.1. The highest BCUT2D eigenvalue weighted by atomic mass is 16.7. The molecule has 12 heteroatoms. The zero-order chi connectivity index (χ0) is 54.7. The molecule has 0 bridgehead atoms. The van der Waals surface area contributed by atoms with E-state index in [1.165, 1.54) is 83.5 Å². The lowest BCUT2D eigenvalue weighted by Crippen LogP contribution is -2.61. The molecule has 1 fully saturated rings. The molecule has 1 aliphatic heterocycles. The average Bonchev–Trinajstić information content (AvgIpc) is 3.39. The van der Waals surface area contributed by atoms with Crippen LogP contribution in [0.1, 0.15) is 278 Å². The smallest absolute Gasteiger partial charge is 0.335 e. The Morgan fingerprint density at radius 3 is 1.25 bits per heavy atom. The molecule has 1 aliphatic rings. The third kappa shape index (κ3) is 41.5. The summed E-state index contributed by atoms with van der Waals surface area (Å²) in [5, 5.41) is 31.5. The number of aliphatic hydroxyl groups excluding tert-OH is 2. The molecular formula is C63H110O12. The normalized spacial score (nSPS) is 18.4. The van der Waals surface area contributed by atoms with Crippen LogP contribution in [0.3, 0.4) is 0 Å². The fourth-order valence-electron chi connectivity index (χ4n) is 9.09. The van der Waals surface area contributed by atoms with Crippen molar-refractivity contribution in [3.63, 3.8) is 0 Å². The van der Waals surface area contributed by atoms with Gasteiger partial charge in [0.15, 0.2) is 24.6 Å². The Morgan fingerprint density at radius 2 is 0.800 bits per heavy atom. The van der Waals surface area contributed by atoms with Gasteiger partial charge < -0.3 is 39.0 Å². The number of esters is 3. The van der Waals surface area contributed by atoms with Gasteiger partial charge >= 0.3 is 23.9 Å². The second-order valence-electron chi connectivity index (χ2n) is 21.0. The molecule has 12 nitrogen and oxygen atoms in total. The highest BCUT2D eigenvalue weighted by Crippen LogP contribution is 2.26. The van der Waals surface area contributed by atoms with Crippen LogP contribution >= 0.6 is 0 Å². The van der Waals surface area contributed by atoms with Crippen LogP contribution in [-0.2, 0) is 42.9 Å². The van der Waals surface area contributed by atoms with Crippen molar-refractivity contribution < 1.29 is 58.2 Å². The van der Waals surface area contributed by atoms with Gasteiger partial charge in [0.05, 0.1) is 6.61 Å². The van der Waals surface area contributed by atoms with Crippen LogP contribution in [0.25, 0.3) is 0 Å². The van der Waals surface area contributed by atoms with E-state index in [0.29, 0.717) is 19.3 Å². The van der Waals surface area contributed by atoms with Crippen LogP contribution < -0.4 is 0 Å². The SMILES string of the molecule is CCCCC/C=C\C/C=C\CCCCCCCCCC(=O)OC1C(OCC(COC(=O)CCCCCCC/C=C\CCCCCCCC)OC(=O)CCCCCCC/C=C\CCCCCC)OC(C(=O)O)C(O)C1O. The second-order valence-corrected chi connectivity index (χ2v) is 21.0. The molecule has 0 saturated carbocycles. The van der Waals surface area contributed by atoms with E-state index in [2.05, 4.69) is 69.4 Å². The van der Waals surface area contributed by atoms with Gasteiger partial charge in [-0.25, -0.2) is 4.79 Å². The molecule has 1 rings (SSSR count). The maximum atomic E-state index is 13.1. The Bertz CT molecular complexity index is 1490. The van der Waals surface area contributed by atoms with Crippen molar-refractivity contribution in [2.24, 2.45) is 0 Å². The molecule has 6 atom stereocenters. The zero-order valence-corrected chi connectivity index (χ0v) is 47.8. The van der Waals surface area contributed by atoms with Gasteiger partial charge in [-0.3, -0.25) is 14.4 Å². The largest absolute Gasteiger partial charge is 0.479 e. The van der Waals surface area contributed by atoms with Crippen molar-refractivity contribution in [3.05, 3.63) is 48.6 Å². The number of carboxylic acid groups (broad SMARTS) is 1. The minimum Gasteiger partial charge on any atom is -0.479 e. The van der Waals surface area contributed by atoms with E-state index >= 15 is 0 Å². The fraction of sp³-hybridized carbons (Fsp3) is 0.810. The monoisotopic (exact) mass is 1060 g/mol. The van der Waals surface area contributed by atoms with E-state index in [-0.39, 0.29) is 25.9 Å². The van der Waals surface area contributed by atoms with Gasteiger partial charge in [0.1, 0.15) is 18.8 Å². The quantitative estimate of drug-likeness (QED) is 0.0228. The number of carbonyl (C=O) groups excluding carboxylic acids is 3. The molecule has 1 heterocycles. The summed E-state index contributed by atoms with van der Waals surface area (Å²) in [4.78, 5) is 51.1. The Morgan fingerprint density at radius 1 is 0.440 bits per heavy atom. The standard InChI is InChI=1S/C63H110O12/c1-4-7-10-13-16-19-22-25-27-28-30-33-36-39-42-45-48-51-57(66)74-61-59(68)58(67)60(62(69)70)75-63(61)72-53-54(73-56(65)50-47-44-41-38-35-31-24-21-18-15-12-9-6-3)52-71-55(64)49-46-43-40-37-34-32-29-26-23-20-17-14-11-8-5-2/h16,19,21,24-27,29,54,58-61,63,67-68H,4-15,17-18,20,22-23,28,30-53H2,1-3H3,(H,69,70)/b19-16-,24-21-,27-25-,29-26-. The van der Waals surface area contributed by atoms with E-state index in [9.17, 15) is 34.5 Å². The predicted octanol–water partition coefficient (Wildman–Crippen LogP) is 15.8. The van der Waals surface area contributed by atoms with Crippen molar-refractivity contribution in [3.8, 4) is 0 Å². The lowest BCUT2D eigenvalue weighted by molar-refractivity contribution is -0.301. The molecule has 434 valence electrons. The molecule has 3 N–H and O–H groups in total. The van der Waals surface area contributed by atoms with Gasteiger partial charge in [-0.05, 0) is 103 Å². The Balaban J connectivity index is 2.68. The van der Waals surface area contributed by atoms with Crippen LogP contribution in [0.5, 0.6) is 0 Å². The summed E-state index contributed by atoms with van der Waals surface area (Å²) in [6.45, 7) is 5.95. The Kier molecular flexibility index (Phi) is 47.8. The number of unbranched alkanes of at least 4 members (excludes halogenated alkanes) is 30. The third-order valence-electron chi connectivity index (χ3n) is 13.8. The van der Waals surface area contributed by atoms with Crippen molar-refractivity contribution in [2.45, 2.75) is 314 Å². The fourth-order valence-corrected chi connectivity index (χ4v) is 9.09. The first-order valence-electron chi connectivity index (χ1n) is 30.6. The Labute approximate surface area is 456 Å². The van der Waals surface area contributed by atoms with Gasteiger partial charge in [0.2, 0.25) is 0 Å². The van der Waals surface area contributed by atoms with Gasteiger partial charge in [-0.15, -0.1) is 0 Å². The van der Waals surface area contributed by atoms with Crippen LogP contribution in [0.2, 0.25) is 0 Å². The van der Waals surface area contributed by atoms with Crippen LogP contribution in [0.4, 0.5) is 0 Å². The molecule has 6 unspecified atom stereocenters. The summed E-state index contributed by atoms with van der Waals surface area (Å²) in [6, 6.07) is 0. The van der Waals surface area contributed by atoms with E-state index in [0.717, 1.165) is 135 Å². The minimum absolute atomic E-state index is 0.0510. The van der Waals surface area contributed by atoms with Crippen molar-refractivity contribution >= 4 is 23.9 Å². The van der Waals surface area contributed by atoms with Gasteiger partial charge in [0.25, 0.3) is 0 Å². The summed E-state index contributed by atoms with van der Waals surface area (Å²) in [6.07, 6.45) is 49.3. The summed E-state index contributed by atoms with van der Waals surface area (Å²) < 4.78 is 28.4. The summed E-state index contributed by atoms with van der Waals surface area (Å²) in [5.41, 5.74) is 0. The van der Waals surface area contributed by atoms with Gasteiger partial charge in [-0.2, -0.15) is 0 Å². The second kappa shape index (κ2) is 51.4. The average molecular weight is 1060 g/mol. The van der Waals surface area contributed by atoms with E-state index in [4.69, 9.17) is 23.7 Å². The van der Waals surface area contributed by atoms with Crippen molar-refractivity contribution in [1.82, 2.24) is 0 Å². The molecular weight excluding hydrogens is 949 g/mol. The van der Waals surface area contributed by atoms with Crippen LogP contribution in [0, 0.1) is 0 Å². The zero-order valence-electron chi connectivity index (χ0n) is 47.8. The molecule has 0 aromatic carbocycles. The number of hydrogen-bond donors (Lipinski definition) is 3. The number of carbonyl (C=O) groups is 4. The first-order chi connectivity index (χ1) is 36.6. The van der Waals surface area contributed by atoms with Gasteiger partial charge in [0, 0.05) is 19.3 Å². The van der Waals surface area contributed by atoms with Crippen molar-refractivity contribution in [2.75, 3.05) is 13.2 Å². The number of aliphatic hydroxyl groups is 2. The number of rotatable bonds is 52. The number of hydrogen-bond acceptors (Lipinski definition) is 11. The predicted molar refractivity (Wildman–Crippen MR) is 303 cm³/mol. The third-order valence-corrected chi connectivity index (χ3v) is 13.8. The van der Waals surface area contributed by atoms with Crippen molar-refractivity contribution in [1.29, 1.82) is 0 Å². The van der Waals surface area contributed by atoms with Crippen LogP contribution in [0.15, 0.2) is 48.6 Å². The summed E-state index contributed by atoms with van der Waals surface area (Å²) in [5.74, 6) is -3.13. The maximum Gasteiger partial charge on any atom is 0.335 e. The number of carboxylic acids is 1. The molecule has 1 saturated heterocycles. The molecule has 0 aromatic heterocycles. The minimum atomic E-state index is -1.91. The molecule has 75 heavy (non-hydrogen) atoms. The first-order valence-corrected chi connectivity index (χ1v) is 30.6.